The molecule has 0 unspecified atom stereocenters. The maximum Gasteiger partial charge on any atom is 0.0984 e. The molecule has 1 heterocycles. The molecule has 2 aromatic carbocycles. The van der Waals surface area contributed by atoms with Crippen molar-refractivity contribution in [2.75, 3.05) is 5.73 Å². The molecule has 0 bridgehead atoms. The highest BCUT2D eigenvalue weighted by Gasteiger charge is 2.06. The van der Waals surface area contributed by atoms with Crippen LogP contribution >= 0.6 is 0 Å². The maximum absolute atomic E-state index is 6.24. The van der Waals surface area contributed by atoms with E-state index in [0.717, 1.165) is 22.4 Å². The third kappa shape index (κ3) is 2.95. The second-order valence-corrected chi connectivity index (χ2v) is 4.56. The van der Waals surface area contributed by atoms with Gasteiger partial charge < -0.3 is 5.73 Å². The van der Waals surface area contributed by atoms with Crippen molar-refractivity contribution in [3.63, 3.8) is 0 Å². The van der Waals surface area contributed by atoms with Gasteiger partial charge in [0.05, 0.1) is 11.9 Å². The van der Waals surface area contributed by atoms with Gasteiger partial charge in [-0.15, -0.1) is 10.2 Å². The Labute approximate surface area is 123 Å². The summed E-state index contributed by atoms with van der Waals surface area (Å²) in [6.07, 6.45) is 5.64. The molecule has 0 aliphatic rings. The van der Waals surface area contributed by atoms with Gasteiger partial charge in [0, 0.05) is 11.3 Å². The SMILES string of the molecule is Nc1c(C=Cc2ccccc2)cccc1-c1ccnnn1. The van der Waals surface area contributed by atoms with Gasteiger partial charge in [-0.3, -0.25) is 0 Å². The molecule has 21 heavy (non-hydrogen) atoms. The zero-order valence-corrected chi connectivity index (χ0v) is 11.3. The van der Waals surface area contributed by atoms with Crippen molar-refractivity contribution in [1.82, 2.24) is 15.4 Å². The first kappa shape index (κ1) is 13.0. The summed E-state index contributed by atoms with van der Waals surface area (Å²) in [7, 11) is 0. The van der Waals surface area contributed by atoms with E-state index < -0.39 is 0 Å². The van der Waals surface area contributed by atoms with Crippen molar-refractivity contribution in [3.05, 3.63) is 71.9 Å². The Balaban J connectivity index is 1.96. The number of nitrogens with two attached hydrogens (primary N) is 1. The summed E-state index contributed by atoms with van der Waals surface area (Å²) < 4.78 is 0. The molecule has 0 saturated heterocycles. The lowest BCUT2D eigenvalue weighted by molar-refractivity contribution is 0.871. The summed E-state index contributed by atoms with van der Waals surface area (Å²) in [6, 6.07) is 17.8. The van der Waals surface area contributed by atoms with Gasteiger partial charge >= 0.3 is 0 Å². The zero-order valence-electron chi connectivity index (χ0n) is 11.3. The van der Waals surface area contributed by atoms with E-state index in [-0.39, 0.29) is 0 Å². The average molecular weight is 274 g/mol. The Morgan fingerprint density at radius 2 is 1.71 bits per heavy atom. The third-order valence-electron chi connectivity index (χ3n) is 3.17. The highest BCUT2D eigenvalue weighted by molar-refractivity contribution is 5.84. The maximum atomic E-state index is 6.24. The number of hydrogen-bond donors (Lipinski definition) is 1. The Morgan fingerprint density at radius 1 is 0.857 bits per heavy atom. The Bertz CT molecular complexity index is 752. The average Bonchev–Trinajstić information content (AvgIpc) is 2.56. The first-order valence-electron chi connectivity index (χ1n) is 6.61. The van der Waals surface area contributed by atoms with Crippen molar-refractivity contribution in [1.29, 1.82) is 0 Å². The number of aromatic nitrogens is 3. The van der Waals surface area contributed by atoms with Gasteiger partial charge in [0.25, 0.3) is 0 Å². The Morgan fingerprint density at radius 3 is 2.48 bits per heavy atom. The minimum atomic E-state index is 0.685. The summed E-state index contributed by atoms with van der Waals surface area (Å²) in [5, 5.41) is 11.3. The van der Waals surface area contributed by atoms with Crippen LogP contribution in [0.4, 0.5) is 5.69 Å². The molecule has 4 nitrogen and oxygen atoms in total. The zero-order chi connectivity index (χ0) is 14.5. The van der Waals surface area contributed by atoms with Gasteiger partial charge in [0.15, 0.2) is 0 Å². The molecule has 0 spiro atoms. The van der Waals surface area contributed by atoms with E-state index in [4.69, 9.17) is 5.73 Å². The molecule has 0 atom stereocenters. The summed E-state index contributed by atoms with van der Waals surface area (Å²) in [5.41, 5.74) is 10.6. The van der Waals surface area contributed by atoms with Gasteiger partial charge in [0.1, 0.15) is 0 Å². The minimum Gasteiger partial charge on any atom is -0.398 e. The Kier molecular flexibility index (Phi) is 3.69. The molecule has 102 valence electrons. The third-order valence-corrected chi connectivity index (χ3v) is 3.17. The summed E-state index contributed by atoms with van der Waals surface area (Å²) in [5.74, 6) is 0. The van der Waals surface area contributed by atoms with Crippen LogP contribution in [0, 0.1) is 0 Å². The molecular formula is C17H14N4. The predicted molar refractivity (Wildman–Crippen MR) is 85.0 cm³/mol. The van der Waals surface area contributed by atoms with Crippen LogP contribution in [-0.4, -0.2) is 15.4 Å². The molecular weight excluding hydrogens is 260 g/mol. The fourth-order valence-corrected chi connectivity index (χ4v) is 2.09. The van der Waals surface area contributed by atoms with Crippen LogP contribution in [0.15, 0.2) is 60.8 Å². The molecule has 3 rings (SSSR count). The van der Waals surface area contributed by atoms with Crippen LogP contribution in [0.5, 0.6) is 0 Å². The van der Waals surface area contributed by atoms with Crippen LogP contribution in [0.25, 0.3) is 23.4 Å². The molecule has 0 fully saturated rings. The van der Waals surface area contributed by atoms with Crippen LogP contribution in [0.1, 0.15) is 11.1 Å². The van der Waals surface area contributed by atoms with E-state index >= 15 is 0 Å². The van der Waals surface area contributed by atoms with Crippen LogP contribution in [-0.2, 0) is 0 Å². The van der Waals surface area contributed by atoms with Crippen LogP contribution in [0.3, 0.4) is 0 Å². The lowest BCUT2D eigenvalue weighted by Crippen LogP contribution is -1.96. The molecule has 3 aromatic rings. The number of nitrogens with zero attached hydrogens (tertiary/aromatic N) is 3. The lowest BCUT2D eigenvalue weighted by Gasteiger charge is -2.07. The minimum absolute atomic E-state index is 0.685. The first-order valence-corrected chi connectivity index (χ1v) is 6.61. The highest BCUT2D eigenvalue weighted by atomic mass is 15.3. The van der Waals surface area contributed by atoms with E-state index in [1.54, 1.807) is 12.3 Å². The predicted octanol–water partition coefficient (Wildman–Crippen LogP) is 3.29. The second-order valence-electron chi connectivity index (χ2n) is 4.56. The summed E-state index contributed by atoms with van der Waals surface area (Å²) >= 11 is 0. The number of anilines is 1. The molecule has 1 aromatic heterocycles. The fraction of sp³-hybridized carbons (Fsp3) is 0. The molecule has 0 aliphatic carbocycles. The summed E-state index contributed by atoms with van der Waals surface area (Å²) in [6.45, 7) is 0. The molecule has 0 saturated carbocycles. The Hall–Kier alpha value is -3.01. The van der Waals surface area contributed by atoms with Gasteiger partial charge in [-0.1, -0.05) is 60.7 Å². The fourth-order valence-electron chi connectivity index (χ4n) is 2.09. The molecule has 2 N–H and O–H groups in total. The van der Waals surface area contributed by atoms with E-state index in [0.29, 0.717) is 5.69 Å². The van der Waals surface area contributed by atoms with Crippen molar-refractivity contribution in [3.8, 4) is 11.3 Å². The van der Waals surface area contributed by atoms with Gasteiger partial charge in [-0.25, -0.2) is 0 Å². The van der Waals surface area contributed by atoms with Gasteiger partial charge in [-0.2, -0.15) is 0 Å². The van der Waals surface area contributed by atoms with E-state index in [2.05, 4.69) is 15.4 Å². The number of benzene rings is 2. The molecule has 0 aliphatic heterocycles. The molecule has 4 heteroatoms. The lowest BCUT2D eigenvalue weighted by atomic mass is 10.0. The smallest absolute Gasteiger partial charge is 0.0984 e. The monoisotopic (exact) mass is 274 g/mol. The largest absolute Gasteiger partial charge is 0.398 e. The quantitative estimate of drug-likeness (QED) is 0.588. The molecule has 0 radical (unpaired) electrons. The normalized spacial score (nSPS) is 10.9. The number of hydrogen-bond acceptors (Lipinski definition) is 4. The number of rotatable bonds is 3. The van der Waals surface area contributed by atoms with Gasteiger partial charge in [0.2, 0.25) is 0 Å². The van der Waals surface area contributed by atoms with Crippen LogP contribution in [0.2, 0.25) is 0 Å². The van der Waals surface area contributed by atoms with Crippen LogP contribution < -0.4 is 5.73 Å². The van der Waals surface area contributed by atoms with Gasteiger partial charge in [-0.05, 0) is 22.4 Å². The number of para-hydroxylation sites is 1. The first-order chi connectivity index (χ1) is 10.3. The highest BCUT2D eigenvalue weighted by Crippen LogP contribution is 2.27. The van der Waals surface area contributed by atoms with E-state index in [1.165, 1.54) is 0 Å². The van der Waals surface area contributed by atoms with Crippen molar-refractivity contribution < 1.29 is 0 Å². The standard InChI is InChI=1S/C17H14N4/c18-17-14(10-9-13-5-2-1-3-6-13)7-4-8-15(17)16-11-12-19-21-20-16/h1-12H,18H2. The van der Waals surface area contributed by atoms with Crippen molar-refractivity contribution >= 4 is 17.8 Å². The summed E-state index contributed by atoms with van der Waals surface area (Å²) in [4.78, 5) is 0. The van der Waals surface area contributed by atoms with Crippen molar-refractivity contribution in [2.45, 2.75) is 0 Å². The van der Waals surface area contributed by atoms with E-state index in [9.17, 15) is 0 Å². The second kappa shape index (κ2) is 5.96. The topological polar surface area (TPSA) is 64.7 Å². The molecule has 0 amide bonds. The van der Waals surface area contributed by atoms with E-state index in [1.807, 2.05) is 60.7 Å². The number of nitrogen functional groups attached to an aromatic ring is 1. The van der Waals surface area contributed by atoms with Crippen molar-refractivity contribution in [2.24, 2.45) is 0 Å².